The van der Waals surface area contributed by atoms with E-state index in [-0.39, 0.29) is 23.0 Å². The molecule has 1 saturated heterocycles. The third kappa shape index (κ3) is 1.06. The van der Waals surface area contributed by atoms with Gasteiger partial charge in [-0.15, -0.1) is 11.8 Å². The Kier molecular flexibility index (Phi) is 1.81. The number of carbonyl (C=O) groups excluding carboxylic acids is 2. The van der Waals surface area contributed by atoms with Crippen molar-refractivity contribution in [1.82, 2.24) is 4.90 Å². The van der Waals surface area contributed by atoms with Crippen LogP contribution in [0.4, 0.5) is 0 Å². The zero-order valence-electron chi connectivity index (χ0n) is 6.73. The molecule has 3 N–H and O–H groups in total. The van der Waals surface area contributed by atoms with E-state index in [1.807, 2.05) is 0 Å². The number of nitrogens with zero attached hydrogens (tertiary/aromatic N) is 1. The molecule has 0 spiro atoms. The summed E-state index contributed by atoms with van der Waals surface area (Å²) in [6, 6.07) is -0.312. The van der Waals surface area contributed by atoms with Gasteiger partial charge in [-0.25, -0.2) is 0 Å². The summed E-state index contributed by atoms with van der Waals surface area (Å²) in [5, 5.41) is 10.5. The summed E-state index contributed by atoms with van der Waals surface area (Å²) in [7, 11) is 0. The number of thioether (sulfide) groups is 1. The van der Waals surface area contributed by atoms with Crippen LogP contribution >= 0.6 is 11.8 Å². The molecule has 13 heavy (non-hydrogen) atoms. The van der Waals surface area contributed by atoms with Gasteiger partial charge in [0, 0.05) is 5.75 Å². The van der Waals surface area contributed by atoms with Gasteiger partial charge in [-0.1, -0.05) is 0 Å². The molecule has 1 fully saturated rings. The number of rotatable bonds is 1. The van der Waals surface area contributed by atoms with Gasteiger partial charge in [-0.05, 0) is 6.08 Å². The van der Waals surface area contributed by atoms with Crippen LogP contribution in [0.3, 0.4) is 0 Å². The van der Waals surface area contributed by atoms with Crippen LogP contribution in [-0.4, -0.2) is 33.9 Å². The van der Waals surface area contributed by atoms with Gasteiger partial charge >= 0.3 is 0 Å². The van der Waals surface area contributed by atoms with Gasteiger partial charge < -0.3 is 15.6 Å². The lowest BCUT2D eigenvalue weighted by atomic mass is 10.1. The fraction of sp³-hybridized carbons (Fsp3) is 0.429. The van der Waals surface area contributed by atoms with Crippen LogP contribution in [0.5, 0.6) is 0 Å². The van der Waals surface area contributed by atoms with Gasteiger partial charge in [0.05, 0.1) is 11.7 Å². The predicted molar refractivity (Wildman–Crippen MR) is 42.9 cm³/mol. The highest BCUT2D eigenvalue weighted by atomic mass is 32.2. The first-order valence-electron chi connectivity index (χ1n) is 3.82. The van der Waals surface area contributed by atoms with Crippen LogP contribution in [0.15, 0.2) is 11.8 Å². The number of β-lactam (4-membered cyclic amide) rings is 1. The minimum Gasteiger partial charge on any atom is -0.543 e. The lowest BCUT2D eigenvalue weighted by molar-refractivity contribution is -0.424. The Labute approximate surface area is 78.6 Å². The van der Waals surface area contributed by atoms with Gasteiger partial charge in [0.1, 0.15) is 5.37 Å². The summed E-state index contributed by atoms with van der Waals surface area (Å²) in [5.74, 6) is -0.915. The van der Waals surface area contributed by atoms with Crippen molar-refractivity contribution in [2.24, 2.45) is 0 Å². The van der Waals surface area contributed by atoms with E-state index in [1.54, 1.807) is 0 Å². The number of quaternary nitrogens is 1. The lowest BCUT2D eigenvalue weighted by Crippen LogP contribution is -2.83. The average Bonchev–Trinajstić information content (AvgIpc) is 2.15. The Morgan fingerprint density at radius 1 is 1.77 bits per heavy atom. The van der Waals surface area contributed by atoms with E-state index in [9.17, 15) is 14.7 Å². The maximum absolute atomic E-state index is 11.2. The van der Waals surface area contributed by atoms with Gasteiger partial charge in [0.2, 0.25) is 0 Å². The van der Waals surface area contributed by atoms with Gasteiger partial charge in [0.15, 0.2) is 6.04 Å². The second kappa shape index (κ2) is 2.74. The van der Waals surface area contributed by atoms with E-state index >= 15 is 0 Å². The monoisotopic (exact) mass is 200 g/mol. The fourth-order valence-electron chi connectivity index (χ4n) is 1.48. The number of fused-ring (bicyclic) bond motifs is 1. The number of carboxylic acid groups (broad SMARTS) is 1. The molecule has 2 rings (SSSR count). The van der Waals surface area contributed by atoms with E-state index < -0.39 is 5.97 Å². The van der Waals surface area contributed by atoms with E-state index in [0.29, 0.717) is 5.75 Å². The highest BCUT2D eigenvalue weighted by molar-refractivity contribution is 8.00. The van der Waals surface area contributed by atoms with Gasteiger partial charge in [0.25, 0.3) is 5.91 Å². The SMILES string of the molecule is [NH3+][C@@H]1C(=O)N2C(C(=O)[O-])=CCS[C@H]12. The fourth-order valence-corrected chi connectivity index (χ4v) is 2.64. The van der Waals surface area contributed by atoms with Crippen LogP contribution in [0.25, 0.3) is 0 Å². The largest absolute Gasteiger partial charge is 0.543 e. The Hall–Kier alpha value is -1.01. The van der Waals surface area contributed by atoms with Crippen molar-refractivity contribution >= 4 is 23.6 Å². The Morgan fingerprint density at radius 3 is 3.08 bits per heavy atom. The molecule has 70 valence electrons. The molecule has 0 bridgehead atoms. The highest BCUT2D eigenvalue weighted by Crippen LogP contribution is 2.35. The first-order chi connectivity index (χ1) is 6.13. The molecule has 0 aromatic rings. The molecule has 0 saturated carbocycles. The summed E-state index contributed by atoms with van der Waals surface area (Å²) >= 11 is 1.52. The molecule has 0 aliphatic carbocycles. The van der Waals surface area contributed by atoms with Crippen LogP contribution in [-0.2, 0) is 9.59 Å². The minimum absolute atomic E-state index is 0.00588. The molecule has 6 heteroatoms. The molecule has 2 aliphatic rings. The number of carbonyl (C=O) groups is 2. The summed E-state index contributed by atoms with van der Waals surface area (Å²) in [4.78, 5) is 23.1. The molecule has 2 atom stereocenters. The number of amides is 1. The quantitative estimate of drug-likeness (QED) is 0.461. The maximum Gasteiger partial charge on any atom is 0.289 e. The van der Waals surface area contributed by atoms with Gasteiger partial charge in [-0.2, -0.15) is 0 Å². The normalized spacial score (nSPS) is 31.9. The van der Waals surface area contributed by atoms with Crippen LogP contribution in [0.2, 0.25) is 0 Å². The number of carboxylic acids is 1. The first kappa shape index (κ1) is 8.58. The van der Waals surface area contributed by atoms with E-state index in [0.717, 1.165) is 0 Å². The summed E-state index contributed by atoms with van der Waals surface area (Å²) in [6.45, 7) is 0. The van der Waals surface area contributed by atoms with Crippen molar-refractivity contribution in [3.63, 3.8) is 0 Å². The van der Waals surface area contributed by atoms with Crippen LogP contribution < -0.4 is 10.8 Å². The standard InChI is InChI=1S/C7H8N2O3S/c8-4-5(10)9-3(7(11)12)1-2-13-6(4)9/h1,4,6H,2,8H2,(H,11,12)/t4-,6-/m1/s1. The van der Waals surface area contributed by atoms with E-state index in [1.165, 1.54) is 22.7 Å². The van der Waals surface area contributed by atoms with Crippen molar-refractivity contribution in [2.45, 2.75) is 11.4 Å². The number of hydrogen-bond donors (Lipinski definition) is 1. The Balaban J connectivity index is 2.27. The van der Waals surface area contributed by atoms with Crippen LogP contribution in [0.1, 0.15) is 0 Å². The molecular formula is C7H8N2O3S. The first-order valence-corrected chi connectivity index (χ1v) is 4.87. The van der Waals surface area contributed by atoms with Crippen molar-refractivity contribution in [1.29, 1.82) is 0 Å². The molecular weight excluding hydrogens is 192 g/mol. The second-order valence-corrected chi connectivity index (χ2v) is 4.07. The maximum atomic E-state index is 11.2. The topological polar surface area (TPSA) is 88.1 Å². The lowest BCUT2D eigenvalue weighted by Gasteiger charge is -2.45. The average molecular weight is 200 g/mol. The predicted octanol–water partition coefficient (Wildman–Crippen LogP) is -2.85. The number of hydrogen-bond acceptors (Lipinski definition) is 4. The third-order valence-corrected chi connectivity index (χ3v) is 3.41. The Bertz CT molecular complexity index is 315. The van der Waals surface area contributed by atoms with E-state index in [4.69, 9.17) is 0 Å². The molecule has 2 heterocycles. The van der Waals surface area contributed by atoms with Gasteiger partial charge in [-0.3, -0.25) is 9.69 Å². The van der Waals surface area contributed by atoms with Crippen molar-refractivity contribution in [2.75, 3.05) is 5.75 Å². The van der Waals surface area contributed by atoms with Crippen LogP contribution in [0, 0.1) is 0 Å². The summed E-state index contributed by atoms with van der Waals surface area (Å²) in [6.07, 6.45) is 1.50. The van der Waals surface area contributed by atoms with E-state index in [2.05, 4.69) is 5.73 Å². The van der Waals surface area contributed by atoms with Crippen molar-refractivity contribution in [3.8, 4) is 0 Å². The molecule has 2 aliphatic heterocycles. The summed E-state index contributed by atoms with van der Waals surface area (Å²) in [5.41, 5.74) is 3.64. The van der Waals surface area contributed by atoms with Crippen molar-refractivity contribution < 1.29 is 20.4 Å². The molecule has 0 unspecified atom stereocenters. The third-order valence-electron chi connectivity index (χ3n) is 2.17. The highest BCUT2D eigenvalue weighted by Gasteiger charge is 2.51. The van der Waals surface area contributed by atoms with Crippen molar-refractivity contribution in [3.05, 3.63) is 11.8 Å². The molecule has 0 radical (unpaired) electrons. The molecule has 0 aromatic heterocycles. The molecule has 0 aromatic carbocycles. The minimum atomic E-state index is -1.29. The second-order valence-electron chi connectivity index (χ2n) is 2.92. The smallest absolute Gasteiger partial charge is 0.289 e. The summed E-state index contributed by atoms with van der Waals surface area (Å²) < 4.78 is 0. The zero-order chi connectivity index (χ0) is 9.59. The molecule has 5 nitrogen and oxygen atoms in total. The molecule has 1 amide bonds. The Morgan fingerprint density at radius 2 is 2.46 bits per heavy atom. The zero-order valence-corrected chi connectivity index (χ0v) is 7.54. The number of aliphatic carboxylic acids is 1.